The summed E-state index contributed by atoms with van der Waals surface area (Å²) in [6.07, 6.45) is 0. The molecule has 8 nitrogen and oxygen atoms in total. The van der Waals surface area contributed by atoms with Crippen LogP contribution >= 0.6 is 0 Å². The SMILES string of the molecule is Cc1noc(C)c1-c1ccc2nc(N3CCN(C)CC3)nc(N3CCOCC3c3ccccc3)c2c1. The van der Waals surface area contributed by atoms with Crippen molar-refractivity contribution in [1.29, 1.82) is 0 Å². The molecule has 0 N–H and O–H groups in total. The number of likely N-dealkylation sites (N-methyl/N-ethyl adjacent to an activating group) is 1. The topological polar surface area (TPSA) is 70.8 Å². The van der Waals surface area contributed by atoms with Gasteiger partial charge in [0.25, 0.3) is 0 Å². The highest BCUT2D eigenvalue weighted by atomic mass is 16.5. The van der Waals surface area contributed by atoms with Gasteiger partial charge in [-0.15, -0.1) is 0 Å². The van der Waals surface area contributed by atoms with Crippen LogP contribution in [0.3, 0.4) is 0 Å². The zero-order valence-electron chi connectivity index (χ0n) is 21.1. The molecule has 186 valence electrons. The fraction of sp³-hybridized carbons (Fsp3) is 0.393. The van der Waals surface area contributed by atoms with Crippen molar-refractivity contribution in [2.24, 2.45) is 0 Å². The van der Waals surface area contributed by atoms with Gasteiger partial charge in [-0.3, -0.25) is 0 Å². The summed E-state index contributed by atoms with van der Waals surface area (Å²) in [6.45, 7) is 9.86. The van der Waals surface area contributed by atoms with Crippen LogP contribution in [0.1, 0.15) is 23.1 Å². The van der Waals surface area contributed by atoms with E-state index in [9.17, 15) is 0 Å². The van der Waals surface area contributed by atoms with Crippen LogP contribution in [0.2, 0.25) is 0 Å². The van der Waals surface area contributed by atoms with Gasteiger partial charge in [0.15, 0.2) is 0 Å². The quantitative estimate of drug-likeness (QED) is 0.426. The summed E-state index contributed by atoms with van der Waals surface area (Å²) in [5, 5.41) is 5.21. The predicted octanol–water partition coefficient (Wildman–Crippen LogP) is 4.23. The highest BCUT2D eigenvalue weighted by molar-refractivity contribution is 5.94. The van der Waals surface area contributed by atoms with E-state index in [1.165, 1.54) is 5.56 Å². The molecule has 1 atom stereocenters. The van der Waals surface area contributed by atoms with Crippen molar-refractivity contribution in [3.05, 3.63) is 65.5 Å². The first-order valence-corrected chi connectivity index (χ1v) is 12.7. The van der Waals surface area contributed by atoms with E-state index in [1.807, 2.05) is 13.8 Å². The molecular weight excluding hydrogens is 452 g/mol. The molecule has 0 aliphatic carbocycles. The molecule has 36 heavy (non-hydrogen) atoms. The predicted molar refractivity (Wildman–Crippen MR) is 142 cm³/mol. The fourth-order valence-corrected chi connectivity index (χ4v) is 5.33. The van der Waals surface area contributed by atoms with E-state index in [0.29, 0.717) is 13.2 Å². The number of ether oxygens (including phenoxy) is 1. The summed E-state index contributed by atoms with van der Waals surface area (Å²) < 4.78 is 11.4. The smallest absolute Gasteiger partial charge is 0.227 e. The summed E-state index contributed by atoms with van der Waals surface area (Å²) in [4.78, 5) is 17.3. The van der Waals surface area contributed by atoms with Gasteiger partial charge in [-0.2, -0.15) is 4.98 Å². The Labute approximate surface area is 211 Å². The number of anilines is 2. The molecule has 2 aromatic heterocycles. The molecule has 0 radical (unpaired) electrons. The van der Waals surface area contributed by atoms with Gasteiger partial charge in [-0.25, -0.2) is 4.98 Å². The minimum atomic E-state index is 0.0844. The third kappa shape index (κ3) is 4.20. The Hall–Kier alpha value is -3.49. The minimum absolute atomic E-state index is 0.0844. The molecule has 4 aromatic rings. The molecule has 1 unspecified atom stereocenters. The second-order valence-corrected chi connectivity index (χ2v) is 9.76. The molecule has 0 amide bonds. The average molecular weight is 485 g/mol. The van der Waals surface area contributed by atoms with E-state index in [2.05, 4.69) is 75.4 Å². The lowest BCUT2D eigenvalue weighted by atomic mass is 10.0. The number of nitrogens with zero attached hydrogens (tertiary/aromatic N) is 6. The first kappa shape index (κ1) is 22.9. The van der Waals surface area contributed by atoms with Crippen molar-refractivity contribution in [2.45, 2.75) is 19.9 Å². The summed E-state index contributed by atoms with van der Waals surface area (Å²) in [6, 6.07) is 17.1. The third-order valence-electron chi connectivity index (χ3n) is 7.36. The van der Waals surface area contributed by atoms with Crippen molar-refractivity contribution >= 4 is 22.7 Å². The van der Waals surface area contributed by atoms with Crippen LogP contribution < -0.4 is 9.80 Å². The van der Waals surface area contributed by atoms with Crippen LogP contribution in [0.25, 0.3) is 22.0 Å². The van der Waals surface area contributed by atoms with E-state index in [1.54, 1.807) is 0 Å². The first-order chi connectivity index (χ1) is 17.6. The van der Waals surface area contributed by atoms with Crippen LogP contribution in [-0.2, 0) is 4.74 Å². The molecule has 0 bridgehead atoms. The normalized spacial score (nSPS) is 19.2. The maximum absolute atomic E-state index is 5.95. The summed E-state index contributed by atoms with van der Waals surface area (Å²) >= 11 is 0. The van der Waals surface area contributed by atoms with Gasteiger partial charge >= 0.3 is 0 Å². The number of aryl methyl sites for hydroxylation is 2. The lowest BCUT2D eigenvalue weighted by Gasteiger charge is -2.38. The number of hydrogen-bond donors (Lipinski definition) is 0. The minimum Gasteiger partial charge on any atom is -0.377 e. The van der Waals surface area contributed by atoms with E-state index in [0.717, 1.165) is 78.0 Å². The van der Waals surface area contributed by atoms with Crippen LogP contribution in [0.5, 0.6) is 0 Å². The highest BCUT2D eigenvalue weighted by Crippen LogP contribution is 2.37. The van der Waals surface area contributed by atoms with Gasteiger partial charge < -0.3 is 24.0 Å². The lowest BCUT2D eigenvalue weighted by Crippen LogP contribution is -2.45. The van der Waals surface area contributed by atoms with E-state index in [-0.39, 0.29) is 6.04 Å². The molecule has 2 aliphatic heterocycles. The number of benzene rings is 2. The lowest BCUT2D eigenvalue weighted by molar-refractivity contribution is 0.0939. The second-order valence-electron chi connectivity index (χ2n) is 9.76. The number of morpholine rings is 1. The summed E-state index contributed by atoms with van der Waals surface area (Å²) in [5.74, 6) is 2.57. The van der Waals surface area contributed by atoms with Gasteiger partial charge in [0.2, 0.25) is 5.95 Å². The second kappa shape index (κ2) is 9.52. The maximum atomic E-state index is 5.95. The summed E-state index contributed by atoms with van der Waals surface area (Å²) in [5.41, 5.74) is 5.17. The molecule has 2 saturated heterocycles. The molecule has 2 fully saturated rings. The number of hydrogen-bond acceptors (Lipinski definition) is 8. The van der Waals surface area contributed by atoms with Gasteiger partial charge in [0.05, 0.1) is 30.5 Å². The Kier molecular flexibility index (Phi) is 6.07. The highest BCUT2D eigenvalue weighted by Gasteiger charge is 2.29. The average Bonchev–Trinajstić information content (AvgIpc) is 3.26. The van der Waals surface area contributed by atoms with Gasteiger partial charge in [-0.05, 0) is 44.2 Å². The van der Waals surface area contributed by atoms with Crippen LogP contribution in [-0.4, -0.2) is 73.0 Å². The zero-order chi connectivity index (χ0) is 24.6. The van der Waals surface area contributed by atoms with Gasteiger partial charge in [0, 0.05) is 43.7 Å². The van der Waals surface area contributed by atoms with Gasteiger partial charge in [-0.1, -0.05) is 41.6 Å². The van der Waals surface area contributed by atoms with E-state index >= 15 is 0 Å². The largest absolute Gasteiger partial charge is 0.377 e. The molecule has 2 aromatic carbocycles. The Morgan fingerprint density at radius 3 is 2.47 bits per heavy atom. The van der Waals surface area contributed by atoms with Gasteiger partial charge in [0.1, 0.15) is 11.6 Å². The molecular formula is C28H32N6O2. The Morgan fingerprint density at radius 2 is 1.72 bits per heavy atom. The summed E-state index contributed by atoms with van der Waals surface area (Å²) in [7, 11) is 2.17. The molecule has 4 heterocycles. The molecule has 0 saturated carbocycles. The monoisotopic (exact) mass is 484 g/mol. The van der Waals surface area contributed by atoms with Crippen molar-refractivity contribution in [2.75, 3.05) is 62.8 Å². The van der Waals surface area contributed by atoms with Crippen molar-refractivity contribution in [3.8, 4) is 11.1 Å². The fourth-order valence-electron chi connectivity index (χ4n) is 5.33. The molecule has 2 aliphatic rings. The van der Waals surface area contributed by atoms with Crippen LogP contribution in [0.15, 0.2) is 53.1 Å². The molecule has 8 heteroatoms. The number of aromatic nitrogens is 3. The number of rotatable bonds is 4. The number of piperazine rings is 1. The van der Waals surface area contributed by atoms with Crippen molar-refractivity contribution in [1.82, 2.24) is 20.0 Å². The Balaban J connectivity index is 1.51. The van der Waals surface area contributed by atoms with E-state index < -0.39 is 0 Å². The molecule has 0 spiro atoms. The zero-order valence-corrected chi connectivity index (χ0v) is 21.1. The van der Waals surface area contributed by atoms with Crippen LogP contribution in [0, 0.1) is 13.8 Å². The van der Waals surface area contributed by atoms with Crippen molar-refractivity contribution in [3.63, 3.8) is 0 Å². The maximum Gasteiger partial charge on any atom is 0.227 e. The standard InChI is InChI=1S/C28H32N6O2/c1-19-26(20(2)36-31-19)22-9-10-24-23(17-22)27(30-28(29-24)33-13-11-32(3)12-14-33)34-15-16-35-18-25(34)21-7-5-4-6-8-21/h4-10,17,25H,11-16,18H2,1-3H3. The first-order valence-electron chi connectivity index (χ1n) is 12.7. The molecule has 6 rings (SSSR count). The van der Waals surface area contributed by atoms with Crippen LogP contribution in [0.4, 0.5) is 11.8 Å². The Bertz CT molecular complexity index is 1340. The number of fused-ring (bicyclic) bond motifs is 1. The Morgan fingerprint density at radius 1 is 0.917 bits per heavy atom. The van der Waals surface area contributed by atoms with E-state index in [4.69, 9.17) is 19.2 Å². The third-order valence-corrected chi connectivity index (χ3v) is 7.36. The van der Waals surface area contributed by atoms with Crippen molar-refractivity contribution < 1.29 is 9.26 Å².